The van der Waals surface area contributed by atoms with Crippen LogP contribution in [0.3, 0.4) is 0 Å². The van der Waals surface area contributed by atoms with Crippen LogP contribution in [-0.2, 0) is 11.2 Å². The second-order valence-electron chi connectivity index (χ2n) is 5.16. The molecule has 1 aromatic rings. The molecule has 0 bridgehead atoms. The summed E-state index contributed by atoms with van der Waals surface area (Å²) in [6.07, 6.45) is 5.32. The molecule has 1 amide bonds. The molecule has 1 fully saturated rings. The van der Waals surface area contributed by atoms with Gasteiger partial charge in [0.1, 0.15) is 4.88 Å². The second-order valence-corrected chi connectivity index (χ2v) is 6.28. The van der Waals surface area contributed by atoms with Crippen molar-refractivity contribution in [2.45, 2.75) is 39.0 Å². The summed E-state index contributed by atoms with van der Waals surface area (Å²) in [5, 5.41) is 9.72. The third-order valence-corrected chi connectivity index (χ3v) is 4.77. The zero-order chi connectivity index (χ0) is 14.5. The zero-order valence-electron chi connectivity index (χ0n) is 11.7. The lowest BCUT2D eigenvalue weighted by Crippen LogP contribution is -2.39. The van der Waals surface area contributed by atoms with Crippen LogP contribution in [0.1, 0.15) is 47.3 Å². The lowest BCUT2D eigenvalue weighted by Gasteiger charge is -2.32. The van der Waals surface area contributed by atoms with Gasteiger partial charge in [-0.2, -0.15) is 0 Å². The summed E-state index contributed by atoms with van der Waals surface area (Å²) in [5.74, 6) is -0.409. The van der Waals surface area contributed by atoms with Crippen molar-refractivity contribution < 1.29 is 14.7 Å². The Balaban J connectivity index is 1.94. The number of piperidine rings is 1. The molecule has 1 N–H and O–H groups in total. The molecule has 0 radical (unpaired) electrons. The molecule has 1 atom stereocenters. The number of thiazole rings is 1. The van der Waals surface area contributed by atoms with Gasteiger partial charge in [0.15, 0.2) is 0 Å². The van der Waals surface area contributed by atoms with Crippen molar-refractivity contribution in [1.29, 1.82) is 0 Å². The van der Waals surface area contributed by atoms with Gasteiger partial charge in [-0.05, 0) is 31.6 Å². The number of hydrogen-bond acceptors (Lipinski definition) is 4. The van der Waals surface area contributed by atoms with Gasteiger partial charge in [0.05, 0.1) is 11.2 Å². The van der Waals surface area contributed by atoms with Gasteiger partial charge in [-0.15, -0.1) is 11.3 Å². The predicted octanol–water partition coefficient (Wildman–Crippen LogP) is 2.42. The Bertz CT molecular complexity index is 487. The number of aliphatic carboxylic acids is 1. The number of amides is 1. The summed E-state index contributed by atoms with van der Waals surface area (Å²) in [6, 6.07) is 0. The van der Waals surface area contributed by atoms with Crippen LogP contribution in [0.4, 0.5) is 0 Å². The van der Waals surface area contributed by atoms with Crippen LogP contribution in [-0.4, -0.2) is 40.0 Å². The molecule has 0 saturated carbocycles. The minimum Gasteiger partial charge on any atom is -0.481 e. The monoisotopic (exact) mass is 296 g/mol. The number of aromatic nitrogens is 1. The predicted molar refractivity (Wildman–Crippen MR) is 77.0 cm³/mol. The van der Waals surface area contributed by atoms with Gasteiger partial charge in [0.2, 0.25) is 0 Å². The maximum absolute atomic E-state index is 12.4. The van der Waals surface area contributed by atoms with E-state index in [1.165, 1.54) is 11.3 Å². The fourth-order valence-electron chi connectivity index (χ4n) is 2.54. The maximum Gasteiger partial charge on any atom is 0.303 e. The molecule has 0 aliphatic carbocycles. The van der Waals surface area contributed by atoms with E-state index in [-0.39, 0.29) is 12.3 Å². The average molecular weight is 296 g/mol. The third-order valence-electron chi connectivity index (χ3n) is 3.64. The Hall–Kier alpha value is -1.43. The normalized spacial score (nSPS) is 19.1. The molecule has 6 heteroatoms. The van der Waals surface area contributed by atoms with E-state index in [1.54, 1.807) is 6.20 Å². The van der Waals surface area contributed by atoms with E-state index in [2.05, 4.69) is 4.98 Å². The lowest BCUT2D eigenvalue weighted by molar-refractivity contribution is -0.137. The molecule has 110 valence electrons. The SMILES string of the molecule is CCc1ncc(C(=O)N2CCCC(CCC(=O)O)C2)s1. The number of carbonyl (C=O) groups excluding carboxylic acids is 1. The van der Waals surface area contributed by atoms with Gasteiger partial charge in [-0.3, -0.25) is 9.59 Å². The number of carboxylic acid groups (broad SMARTS) is 1. The molecular weight excluding hydrogens is 276 g/mol. The molecule has 1 aliphatic rings. The van der Waals surface area contributed by atoms with Crippen molar-refractivity contribution >= 4 is 23.2 Å². The molecule has 1 saturated heterocycles. The fraction of sp³-hybridized carbons (Fsp3) is 0.643. The third kappa shape index (κ3) is 3.79. The fourth-order valence-corrected chi connectivity index (χ4v) is 3.37. The van der Waals surface area contributed by atoms with Crippen molar-refractivity contribution in [2.24, 2.45) is 5.92 Å². The quantitative estimate of drug-likeness (QED) is 0.906. The molecule has 1 aliphatic heterocycles. The highest BCUT2D eigenvalue weighted by atomic mass is 32.1. The van der Waals surface area contributed by atoms with Crippen molar-refractivity contribution in [3.63, 3.8) is 0 Å². The zero-order valence-corrected chi connectivity index (χ0v) is 12.5. The average Bonchev–Trinajstić information content (AvgIpc) is 2.93. The first-order valence-corrected chi connectivity index (χ1v) is 7.87. The van der Waals surface area contributed by atoms with Gasteiger partial charge in [-0.25, -0.2) is 4.98 Å². The smallest absolute Gasteiger partial charge is 0.303 e. The first-order valence-electron chi connectivity index (χ1n) is 7.06. The van der Waals surface area contributed by atoms with Crippen LogP contribution in [0.5, 0.6) is 0 Å². The van der Waals surface area contributed by atoms with Crippen LogP contribution in [0.25, 0.3) is 0 Å². The highest BCUT2D eigenvalue weighted by Gasteiger charge is 2.25. The van der Waals surface area contributed by atoms with E-state index >= 15 is 0 Å². The van der Waals surface area contributed by atoms with E-state index in [1.807, 2.05) is 11.8 Å². The van der Waals surface area contributed by atoms with Crippen LogP contribution >= 0.6 is 11.3 Å². The first kappa shape index (κ1) is 15.0. The number of aryl methyl sites for hydroxylation is 1. The highest BCUT2D eigenvalue weighted by Crippen LogP contribution is 2.24. The minimum absolute atomic E-state index is 0.0437. The first-order chi connectivity index (χ1) is 9.60. The minimum atomic E-state index is -0.761. The number of hydrogen-bond donors (Lipinski definition) is 1. The van der Waals surface area contributed by atoms with Gasteiger partial charge < -0.3 is 10.0 Å². The van der Waals surface area contributed by atoms with Gasteiger partial charge in [-0.1, -0.05) is 6.92 Å². The van der Waals surface area contributed by atoms with Crippen molar-refractivity contribution in [2.75, 3.05) is 13.1 Å². The highest BCUT2D eigenvalue weighted by molar-refractivity contribution is 7.13. The Labute approximate surface area is 122 Å². The van der Waals surface area contributed by atoms with Gasteiger partial charge in [0.25, 0.3) is 5.91 Å². The number of rotatable bonds is 5. The summed E-state index contributed by atoms with van der Waals surface area (Å²) < 4.78 is 0. The molecule has 5 nitrogen and oxygen atoms in total. The topological polar surface area (TPSA) is 70.5 Å². The van der Waals surface area contributed by atoms with E-state index in [4.69, 9.17) is 5.11 Å². The number of carboxylic acids is 1. The molecule has 0 spiro atoms. The van der Waals surface area contributed by atoms with Crippen molar-refractivity contribution in [3.05, 3.63) is 16.1 Å². The van der Waals surface area contributed by atoms with Crippen LogP contribution in [0.15, 0.2) is 6.20 Å². The van der Waals surface area contributed by atoms with Gasteiger partial charge in [0, 0.05) is 19.5 Å². The number of likely N-dealkylation sites (tertiary alicyclic amines) is 1. The Morgan fingerprint density at radius 2 is 2.35 bits per heavy atom. The Kier molecular flexibility index (Phi) is 5.11. The number of nitrogens with zero attached hydrogens (tertiary/aromatic N) is 2. The molecule has 0 aromatic carbocycles. The molecule has 2 heterocycles. The van der Waals surface area contributed by atoms with Crippen LogP contribution in [0.2, 0.25) is 0 Å². The summed E-state index contributed by atoms with van der Waals surface area (Å²) in [6.45, 7) is 3.46. The summed E-state index contributed by atoms with van der Waals surface area (Å²) in [4.78, 5) is 29.8. The molecular formula is C14H20N2O3S. The molecule has 20 heavy (non-hydrogen) atoms. The van der Waals surface area contributed by atoms with Crippen molar-refractivity contribution in [1.82, 2.24) is 9.88 Å². The Morgan fingerprint density at radius 1 is 1.55 bits per heavy atom. The van der Waals surface area contributed by atoms with E-state index in [0.29, 0.717) is 23.8 Å². The van der Waals surface area contributed by atoms with E-state index in [0.717, 1.165) is 30.8 Å². The summed E-state index contributed by atoms with van der Waals surface area (Å²) >= 11 is 1.46. The Morgan fingerprint density at radius 3 is 3.00 bits per heavy atom. The second kappa shape index (κ2) is 6.83. The van der Waals surface area contributed by atoms with E-state index in [9.17, 15) is 9.59 Å². The summed E-state index contributed by atoms with van der Waals surface area (Å²) in [7, 11) is 0. The molecule has 1 unspecified atom stereocenters. The van der Waals surface area contributed by atoms with Crippen molar-refractivity contribution in [3.8, 4) is 0 Å². The van der Waals surface area contributed by atoms with Crippen LogP contribution < -0.4 is 0 Å². The van der Waals surface area contributed by atoms with E-state index < -0.39 is 5.97 Å². The number of carbonyl (C=O) groups is 2. The molecule has 1 aromatic heterocycles. The molecule has 2 rings (SSSR count). The largest absolute Gasteiger partial charge is 0.481 e. The standard InChI is InChI=1S/C14H20N2O3S/c1-2-12-15-8-11(20-12)14(19)16-7-3-4-10(9-16)5-6-13(17)18/h8,10H,2-7,9H2,1H3,(H,17,18). The summed E-state index contributed by atoms with van der Waals surface area (Å²) in [5.41, 5.74) is 0. The lowest BCUT2D eigenvalue weighted by atomic mass is 9.93. The maximum atomic E-state index is 12.4. The van der Waals surface area contributed by atoms with Crippen LogP contribution in [0, 0.1) is 5.92 Å². The van der Waals surface area contributed by atoms with Gasteiger partial charge >= 0.3 is 5.97 Å².